The van der Waals surface area contributed by atoms with E-state index in [2.05, 4.69) is 6.07 Å². The van der Waals surface area contributed by atoms with E-state index in [0.717, 1.165) is 22.0 Å². The van der Waals surface area contributed by atoms with Crippen molar-refractivity contribution in [3.63, 3.8) is 0 Å². The normalized spacial score (nSPS) is 9.95. The number of halogens is 1. The van der Waals surface area contributed by atoms with Crippen molar-refractivity contribution in [1.82, 2.24) is 0 Å². The van der Waals surface area contributed by atoms with Crippen LogP contribution < -0.4 is 4.74 Å². The van der Waals surface area contributed by atoms with Crippen molar-refractivity contribution in [3.05, 3.63) is 58.6 Å². The van der Waals surface area contributed by atoms with Crippen molar-refractivity contribution in [2.75, 3.05) is 7.11 Å². The number of thioether (sulfide) groups is 1. The van der Waals surface area contributed by atoms with Crippen LogP contribution >= 0.6 is 23.4 Å². The van der Waals surface area contributed by atoms with E-state index in [1.54, 1.807) is 31.0 Å². The maximum atomic E-state index is 8.79. The number of hydrogen-bond donors (Lipinski definition) is 0. The molecule has 0 N–H and O–H groups in total. The number of rotatable bonds is 4. The van der Waals surface area contributed by atoms with Crippen molar-refractivity contribution in [2.45, 2.75) is 10.6 Å². The second kappa shape index (κ2) is 6.51. The van der Waals surface area contributed by atoms with Crippen molar-refractivity contribution in [2.24, 2.45) is 0 Å². The number of methoxy groups -OCH3 is 1. The topological polar surface area (TPSA) is 33.0 Å². The number of ether oxygens (including phenoxy) is 1. The van der Waals surface area contributed by atoms with Crippen LogP contribution in [0.3, 0.4) is 0 Å². The summed E-state index contributed by atoms with van der Waals surface area (Å²) in [5.41, 5.74) is 1.61. The molecule has 0 unspecified atom stereocenters. The van der Waals surface area contributed by atoms with Gasteiger partial charge in [-0.3, -0.25) is 0 Å². The third kappa shape index (κ3) is 3.66. The molecule has 0 aromatic heterocycles. The molecular weight excluding hydrogens is 278 g/mol. The predicted molar refractivity (Wildman–Crippen MR) is 78.7 cm³/mol. The van der Waals surface area contributed by atoms with Crippen LogP contribution in [-0.4, -0.2) is 7.11 Å². The Bertz CT molecular complexity index is 622. The molecule has 0 spiro atoms. The van der Waals surface area contributed by atoms with Gasteiger partial charge in [0.15, 0.2) is 0 Å². The zero-order chi connectivity index (χ0) is 13.7. The number of benzene rings is 2. The standard InChI is InChI=1S/C15H12ClNOS/c1-18-13-3-2-4-14(8-13)19-10-12-6-5-11(9-17)7-15(12)16/h2-8H,10H2,1H3. The highest BCUT2D eigenvalue weighted by Crippen LogP contribution is 2.29. The quantitative estimate of drug-likeness (QED) is 0.776. The third-order valence-electron chi connectivity index (χ3n) is 2.62. The molecule has 2 aromatic carbocycles. The first-order chi connectivity index (χ1) is 9.22. The highest BCUT2D eigenvalue weighted by atomic mass is 35.5. The summed E-state index contributed by atoms with van der Waals surface area (Å²) in [5.74, 6) is 1.61. The summed E-state index contributed by atoms with van der Waals surface area (Å²) >= 11 is 7.83. The molecule has 0 aliphatic carbocycles. The lowest BCUT2D eigenvalue weighted by atomic mass is 10.2. The fourth-order valence-electron chi connectivity index (χ4n) is 1.59. The lowest BCUT2D eigenvalue weighted by Crippen LogP contribution is -1.86. The van der Waals surface area contributed by atoms with E-state index in [1.165, 1.54) is 0 Å². The summed E-state index contributed by atoms with van der Waals surface area (Å²) in [7, 11) is 1.65. The molecule has 0 fully saturated rings. The van der Waals surface area contributed by atoms with Crippen LogP contribution in [0.4, 0.5) is 0 Å². The summed E-state index contributed by atoms with van der Waals surface area (Å²) in [6.07, 6.45) is 0. The Labute approximate surface area is 122 Å². The number of hydrogen-bond acceptors (Lipinski definition) is 3. The van der Waals surface area contributed by atoms with Crippen LogP contribution in [0.15, 0.2) is 47.4 Å². The second-order valence-corrected chi connectivity index (χ2v) is 5.34. The molecule has 2 aromatic rings. The first-order valence-electron chi connectivity index (χ1n) is 5.68. The van der Waals surface area contributed by atoms with E-state index < -0.39 is 0 Å². The maximum absolute atomic E-state index is 8.79. The minimum Gasteiger partial charge on any atom is -0.497 e. The van der Waals surface area contributed by atoms with E-state index in [-0.39, 0.29) is 0 Å². The Morgan fingerprint density at radius 3 is 2.79 bits per heavy atom. The Hall–Kier alpha value is -1.63. The first kappa shape index (κ1) is 13.8. The largest absolute Gasteiger partial charge is 0.497 e. The fraction of sp³-hybridized carbons (Fsp3) is 0.133. The van der Waals surface area contributed by atoms with E-state index in [4.69, 9.17) is 21.6 Å². The van der Waals surface area contributed by atoms with Gasteiger partial charge in [-0.1, -0.05) is 23.7 Å². The monoisotopic (exact) mass is 289 g/mol. The van der Waals surface area contributed by atoms with Crippen LogP contribution in [-0.2, 0) is 5.75 Å². The van der Waals surface area contributed by atoms with Crippen LogP contribution in [0.25, 0.3) is 0 Å². The Balaban J connectivity index is 2.08. The molecule has 0 amide bonds. The van der Waals surface area contributed by atoms with E-state index in [9.17, 15) is 0 Å². The van der Waals surface area contributed by atoms with Gasteiger partial charge in [-0.25, -0.2) is 0 Å². The highest BCUT2D eigenvalue weighted by Gasteiger charge is 2.03. The van der Waals surface area contributed by atoms with Crippen LogP contribution in [0.5, 0.6) is 5.75 Å². The number of nitrogens with zero attached hydrogens (tertiary/aromatic N) is 1. The summed E-state index contributed by atoms with van der Waals surface area (Å²) in [6.45, 7) is 0. The van der Waals surface area contributed by atoms with Gasteiger partial charge < -0.3 is 4.74 Å². The predicted octanol–water partition coefficient (Wildman–Crippen LogP) is 4.51. The van der Waals surface area contributed by atoms with Crippen molar-refractivity contribution < 1.29 is 4.74 Å². The molecule has 0 bridgehead atoms. The number of nitriles is 1. The van der Waals surface area contributed by atoms with Gasteiger partial charge in [0.25, 0.3) is 0 Å². The second-order valence-electron chi connectivity index (χ2n) is 3.89. The zero-order valence-corrected chi connectivity index (χ0v) is 12.0. The molecule has 4 heteroatoms. The highest BCUT2D eigenvalue weighted by molar-refractivity contribution is 7.98. The van der Waals surface area contributed by atoms with Gasteiger partial charge in [-0.05, 0) is 35.9 Å². The van der Waals surface area contributed by atoms with E-state index in [0.29, 0.717) is 10.6 Å². The molecule has 0 aliphatic rings. The molecule has 96 valence electrons. The summed E-state index contributed by atoms with van der Waals surface area (Å²) < 4.78 is 5.19. The summed E-state index contributed by atoms with van der Waals surface area (Å²) in [6, 6.07) is 15.4. The van der Waals surface area contributed by atoms with E-state index >= 15 is 0 Å². The van der Waals surface area contributed by atoms with Gasteiger partial charge in [-0.15, -0.1) is 11.8 Å². The summed E-state index contributed by atoms with van der Waals surface area (Å²) in [4.78, 5) is 1.12. The van der Waals surface area contributed by atoms with Crippen LogP contribution in [0.1, 0.15) is 11.1 Å². The SMILES string of the molecule is COc1cccc(SCc2ccc(C#N)cc2Cl)c1. The average Bonchev–Trinajstić information content (AvgIpc) is 2.46. The molecule has 0 saturated heterocycles. The van der Waals surface area contributed by atoms with Crippen LogP contribution in [0, 0.1) is 11.3 Å². The molecule has 0 saturated carbocycles. The van der Waals surface area contributed by atoms with Gasteiger partial charge in [0, 0.05) is 15.7 Å². The lowest BCUT2D eigenvalue weighted by molar-refractivity contribution is 0.413. The molecule has 2 rings (SSSR count). The molecule has 0 heterocycles. The van der Waals surface area contributed by atoms with Gasteiger partial charge in [0.2, 0.25) is 0 Å². The van der Waals surface area contributed by atoms with Crippen LogP contribution in [0.2, 0.25) is 5.02 Å². The Morgan fingerprint density at radius 1 is 1.26 bits per heavy atom. The smallest absolute Gasteiger partial charge is 0.119 e. The molecule has 2 nitrogen and oxygen atoms in total. The lowest BCUT2D eigenvalue weighted by Gasteiger charge is -2.06. The average molecular weight is 290 g/mol. The van der Waals surface area contributed by atoms with Crippen molar-refractivity contribution in [3.8, 4) is 11.8 Å². The van der Waals surface area contributed by atoms with Gasteiger partial charge >= 0.3 is 0 Å². The Morgan fingerprint density at radius 2 is 2.11 bits per heavy atom. The van der Waals surface area contributed by atoms with Gasteiger partial charge in [0.1, 0.15) is 5.75 Å². The molecule has 0 aliphatic heterocycles. The van der Waals surface area contributed by atoms with Crippen molar-refractivity contribution >= 4 is 23.4 Å². The third-order valence-corrected chi connectivity index (χ3v) is 4.01. The van der Waals surface area contributed by atoms with Gasteiger partial charge in [-0.2, -0.15) is 5.26 Å². The van der Waals surface area contributed by atoms with Gasteiger partial charge in [0.05, 0.1) is 18.7 Å². The van der Waals surface area contributed by atoms with Crippen molar-refractivity contribution in [1.29, 1.82) is 5.26 Å². The molecule has 0 radical (unpaired) electrons. The minimum absolute atomic E-state index is 0.583. The zero-order valence-electron chi connectivity index (χ0n) is 10.4. The maximum Gasteiger partial charge on any atom is 0.119 e. The fourth-order valence-corrected chi connectivity index (χ4v) is 2.86. The molecular formula is C15H12ClNOS. The molecule has 19 heavy (non-hydrogen) atoms. The first-order valence-corrected chi connectivity index (χ1v) is 7.04. The molecule has 0 atom stereocenters. The minimum atomic E-state index is 0.583. The summed E-state index contributed by atoms with van der Waals surface area (Å²) in [5, 5.41) is 9.42. The Kier molecular flexibility index (Phi) is 4.73. The van der Waals surface area contributed by atoms with E-state index in [1.807, 2.05) is 30.3 Å².